The smallest absolute Gasteiger partial charge is 0.230 e. The first-order valence-corrected chi connectivity index (χ1v) is 13.4. The minimum absolute atomic E-state index is 0.0229. The number of rotatable bonds is 7. The lowest BCUT2D eigenvalue weighted by molar-refractivity contribution is -0.128. The lowest BCUT2D eigenvalue weighted by atomic mass is 9.93. The lowest BCUT2D eigenvalue weighted by Crippen LogP contribution is -2.31. The summed E-state index contributed by atoms with van der Waals surface area (Å²) in [6.45, 7) is 10.9. The highest BCUT2D eigenvalue weighted by atomic mass is 16.2. The lowest BCUT2D eigenvalue weighted by Gasteiger charge is -2.19. The highest BCUT2D eigenvalue weighted by molar-refractivity contribution is 5.94. The molecule has 1 saturated carbocycles. The Hall–Kier alpha value is -3.48. The molecule has 2 amide bonds. The number of nitrogens with one attached hydrogen (secondary N) is 1. The molecular formula is C30H37N5O2. The number of benzene rings is 2. The van der Waals surface area contributed by atoms with E-state index in [2.05, 4.69) is 64.3 Å². The van der Waals surface area contributed by atoms with Crippen molar-refractivity contribution in [3.05, 3.63) is 65.0 Å². The molecule has 1 aliphatic heterocycles. The van der Waals surface area contributed by atoms with Crippen molar-refractivity contribution in [2.24, 2.45) is 11.8 Å². The fourth-order valence-corrected chi connectivity index (χ4v) is 5.47. The Morgan fingerprint density at radius 2 is 1.76 bits per heavy atom. The molecule has 7 nitrogen and oxygen atoms in total. The van der Waals surface area contributed by atoms with Gasteiger partial charge in [0, 0.05) is 37.3 Å². The second-order valence-electron chi connectivity index (χ2n) is 11.2. The van der Waals surface area contributed by atoms with E-state index in [9.17, 15) is 9.59 Å². The van der Waals surface area contributed by atoms with Crippen LogP contribution in [0.25, 0.3) is 11.4 Å². The molecule has 2 fully saturated rings. The molecule has 0 radical (unpaired) electrons. The predicted molar refractivity (Wildman–Crippen MR) is 145 cm³/mol. The molecule has 1 aliphatic carbocycles. The molecule has 5 rings (SSSR count). The number of nitrogens with zero attached hydrogens (tertiary/aromatic N) is 4. The van der Waals surface area contributed by atoms with Gasteiger partial charge < -0.3 is 14.8 Å². The molecule has 1 aromatic heterocycles. The number of carbonyl (C=O) groups excluding carboxylic acids is 2. The summed E-state index contributed by atoms with van der Waals surface area (Å²) >= 11 is 0. The van der Waals surface area contributed by atoms with E-state index in [0.29, 0.717) is 25.0 Å². The minimum atomic E-state index is -0.396. The fourth-order valence-electron chi connectivity index (χ4n) is 5.47. The zero-order valence-corrected chi connectivity index (χ0v) is 22.5. The largest absolute Gasteiger partial charge is 0.341 e. The molecule has 1 saturated heterocycles. The zero-order valence-electron chi connectivity index (χ0n) is 22.5. The van der Waals surface area contributed by atoms with Crippen molar-refractivity contribution < 1.29 is 9.59 Å². The summed E-state index contributed by atoms with van der Waals surface area (Å²) in [6, 6.07) is 15.0. The van der Waals surface area contributed by atoms with Gasteiger partial charge in [0.05, 0.1) is 11.8 Å². The molecule has 2 heterocycles. The maximum absolute atomic E-state index is 13.6. The first-order valence-electron chi connectivity index (χ1n) is 13.4. The average Bonchev–Trinajstić information content (AvgIpc) is 3.42. The van der Waals surface area contributed by atoms with E-state index in [-0.39, 0.29) is 17.7 Å². The van der Waals surface area contributed by atoms with Gasteiger partial charge in [0.15, 0.2) is 5.82 Å². The quantitative estimate of drug-likeness (QED) is 0.479. The molecule has 0 bridgehead atoms. The standard InChI is InChI=1S/C30H37N5O2/c1-18(2)14-22-7-9-23(10-8-22)28-32-33-29(35(28)24-11-12-24)25-16-34(21(5)36)17-26(25)30(37)31-27-13-6-19(3)15-20(27)4/h6-10,13,15,18,24-26H,11-12,14,16-17H2,1-5H3,(H,31,37)/t25-,26-/m0/s1. The number of hydrogen-bond acceptors (Lipinski definition) is 4. The van der Waals surface area contributed by atoms with Gasteiger partial charge in [0.25, 0.3) is 0 Å². The van der Waals surface area contributed by atoms with Gasteiger partial charge in [0.2, 0.25) is 11.8 Å². The topological polar surface area (TPSA) is 80.1 Å². The van der Waals surface area contributed by atoms with Crippen molar-refractivity contribution in [2.45, 2.75) is 65.8 Å². The SMILES string of the molecule is CC(=O)N1C[C@H](C(=O)Nc2ccc(C)cc2C)[C@@H](c2nnc(-c3ccc(CC(C)C)cc3)n2C2CC2)C1. The van der Waals surface area contributed by atoms with Crippen LogP contribution in [0.1, 0.15) is 68.1 Å². The highest BCUT2D eigenvalue weighted by Gasteiger charge is 2.44. The zero-order chi connectivity index (χ0) is 26.3. The fraction of sp³-hybridized carbons (Fsp3) is 0.467. The first kappa shape index (κ1) is 25.2. The summed E-state index contributed by atoms with van der Waals surface area (Å²) < 4.78 is 2.24. The highest BCUT2D eigenvalue weighted by Crippen LogP contribution is 2.43. The Balaban J connectivity index is 1.47. The molecular weight excluding hydrogens is 462 g/mol. The Morgan fingerprint density at radius 1 is 1.03 bits per heavy atom. The van der Waals surface area contributed by atoms with Gasteiger partial charge in [-0.2, -0.15) is 0 Å². The van der Waals surface area contributed by atoms with E-state index in [1.165, 1.54) is 5.56 Å². The molecule has 0 unspecified atom stereocenters. The van der Waals surface area contributed by atoms with E-state index >= 15 is 0 Å². The molecule has 3 aromatic rings. The average molecular weight is 500 g/mol. The van der Waals surface area contributed by atoms with Gasteiger partial charge in [0.1, 0.15) is 5.82 Å². The number of likely N-dealkylation sites (tertiary alicyclic amines) is 1. The van der Waals surface area contributed by atoms with Crippen LogP contribution in [0.2, 0.25) is 0 Å². The van der Waals surface area contributed by atoms with Crippen molar-refractivity contribution in [1.82, 2.24) is 19.7 Å². The van der Waals surface area contributed by atoms with Crippen molar-refractivity contribution in [1.29, 1.82) is 0 Å². The van der Waals surface area contributed by atoms with Gasteiger partial charge >= 0.3 is 0 Å². The number of aromatic nitrogens is 3. The normalized spacial score (nSPS) is 19.5. The third kappa shape index (κ3) is 5.31. The summed E-state index contributed by atoms with van der Waals surface area (Å²) in [7, 11) is 0. The summed E-state index contributed by atoms with van der Waals surface area (Å²) in [4.78, 5) is 27.7. The monoisotopic (exact) mass is 499 g/mol. The predicted octanol–water partition coefficient (Wildman–Crippen LogP) is 5.30. The molecule has 2 atom stereocenters. The Labute approximate surface area is 219 Å². The number of aryl methyl sites for hydroxylation is 2. The van der Waals surface area contributed by atoms with Gasteiger partial charge in [-0.15, -0.1) is 10.2 Å². The van der Waals surface area contributed by atoms with Crippen molar-refractivity contribution in [3.63, 3.8) is 0 Å². The van der Waals surface area contributed by atoms with Crippen molar-refractivity contribution in [2.75, 3.05) is 18.4 Å². The third-order valence-electron chi connectivity index (χ3n) is 7.56. The van der Waals surface area contributed by atoms with Crippen LogP contribution in [0.3, 0.4) is 0 Å². The van der Waals surface area contributed by atoms with Gasteiger partial charge in [-0.25, -0.2) is 0 Å². The summed E-state index contributed by atoms with van der Waals surface area (Å²) in [5, 5.41) is 12.4. The van der Waals surface area contributed by atoms with E-state index in [0.717, 1.165) is 53.3 Å². The van der Waals surface area contributed by atoms with Gasteiger partial charge in [-0.1, -0.05) is 55.8 Å². The molecule has 194 valence electrons. The molecule has 7 heteroatoms. The molecule has 1 N–H and O–H groups in total. The molecule has 37 heavy (non-hydrogen) atoms. The van der Waals surface area contributed by atoms with Crippen LogP contribution in [-0.4, -0.2) is 44.6 Å². The minimum Gasteiger partial charge on any atom is -0.341 e. The van der Waals surface area contributed by atoms with E-state index in [1.807, 2.05) is 26.0 Å². The molecule has 2 aliphatic rings. The molecule has 2 aromatic carbocycles. The second kappa shape index (κ2) is 10.1. The van der Waals surface area contributed by atoms with Crippen LogP contribution in [0.15, 0.2) is 42.5 Å². The van der Waals surface area contributed by atoms with Crippen LogP contribution < -0.4 is 5.32 Å². The number of carbonyl (C=O) groups is 2. The van der Waals surface area contributed by atoms with Gasteiger partial charge in [-0.05, 0) is 56.2 Å². The Bertz CT molecular complexity index is 1310. The number of hydrogen-bond donors (Lipinski definition) is 1. The second-order valence-corrected chi connectivity index (χ2v) is 11.2. The summed E-state index contributed by atoms with van der Waals surface area (Å²) in [5.41, 5.74) is 5.33. The van der Waals surface area contributed by atoms with E-state index in [4.69, 9.17) is 0 Å². The third-order valence-corrected chi connectivity index (χ3v) is 7.56. The van der Waals surface area contributed by atoms with E-state index in [1.54, 1.807) is 11.8 Å². The van der Waals surface area contributed by atoms with Crippen molar-refractivity contribution >= 4 is 17.5 Å². The van der Waals surface area contributed by atoms with Crippen molar-refractivity contribution in [3.8, 4) is 11.4 Å². The Morgan fingerprint density at radius 3 is 2.38 bits per heavy atom. The van der Waals surface area contributed by atoms with Crippen LogP contribution in [0.4, 0.5) is 5.69 Å². The number of anilines is 1. The summed E-state index contributed by atoms with van der Waals surface area (Å²) in [5.74, 6) is 1.56. The Kier molecular flexibility index (Phi) is 6.88. The maximum atomic E-state index is 13.6. The molecule has 0 spiro atoms. The van der Waals surface area contributed by atoms with Crippen LogP contribution >= 0.6 is 0 Å². The van der Waals surface area contributed by atoms with Gasteiger partial charge in [-0.3, -0.25) is 9.59 Å². The van der Waals surface area contributed by atoms with Crippen LogP contribution in [0, 0.1) is 25.7 Å². The van der Waals surface area contributed by atoms with E-state index < -0.39 is 5.92 Å². The first-order chi connectivity index (χ1) is 17.7. The van der Waals surface area contributed by atoms with Crippen LogP contribution in [0.5, 0.6) is 0 Å². The summed E-state index contributed by atoms with van der Waals surface area (Å²) in [6.07, 6.45) is 3.19. The van der Waals surface area contributed by atoms with Crippen LogP contribution in [-0.2, 0) is 16.0 Å². The maximum Gasteiger partial charge on any atom is 0.230 e. The number of amides is 2.